The second-order valence-electron chi connectivity index (χ2n) is 8.64. The molecule has 11 nitrogen and oxygen atoms in total. The molecule has 1 fully saturated rings. The molecule has 13 heteroatoms. The number of benzene rings is 1. The van der Waals surface area contributed by atoms with Gasteiger partial charge in [-0.2, -0.15) is 0 Å². The Morgan fingerprint density at radius 3 is 2.50 bits per heavy atom. The highest BCUT2D eigenvalue weighted by atomic mass is 32.2. The smallest absolute Gasteiger partial charge is 0.469 e. The molecule has 0 spiro atoms. The quantitative estimate of drug-likeness (QED) is 0.216. The van der Waals surface area contributed by atoms with Crippen molar-refractivity contribution >= 4 is 42.5 Å². The van der Waals surface area contributed by atoms with Crippen LogP contribution in [0.3, 0.4) is 0 Å². The van der Waals surface area contributed by atoms with E-state index < -0.39 is 31.2 Å². The molecule has 1 unspecified atom stereocenters. The SMILES string of the molecule is COC(=O)CCC(=O)SCCNC(=O)CCNC(=O)[C@@H]1OP(=O)(OCc2ccccc2)OCC1(C)C. The van der Waals surface area contributed by atoms with E-state index in [0.29, 0.717) is 5.75 Å². The molecule has 1 heterocycles. The van der Waals surface area contributed by atoms with Gasteiger partial charge in [0.1, 0.15) is 0 Å². The van der Waals surface area contributed by atoms with Crippen LogP contribution >= 0.6 is 19.6 Å². The maximum atomic E-state index is 12.9. The summed E-state index contributed by atoms with van der Waals surface area (Å²) in [5.74, 6) is -0.912. The molecule has 0 aliphatic carbocycles. The summed E-state index contributed by atoms with van der Waals surface area (Å²) >= 11 is 1.02. The van der Waals surface area contributed by atoms with Crippen LogP contribution in [0, 0.1) is 5.41 Å². The van der Waals surface area contributed by atoms with Crippen molar-refractivity contribution in [2.24, 2.45) is 5.41 Å². The van der Waals surface area contributed by atoms with E-state index in [0.717, 1.165) is 17.3 Å². The van der Waals surface area contributed by atoms with Crippen LogP contribution in [0.25, 0.3) is 0 Å². The predicted octanol–water partition coefficient (Wildman–Crippen LogP) is 2.59. The zero-order valence-electron chi connectivity index (χ0n) is 20.7. The lowest BCUT2D eigenvalue weighted by atomic mass is 9.87. The van der Waals surface area contributed by atoms with Gasteiger partial charge in [-0.1, -0.05) is 55.9 Å². The van der Waals surface area contributed by atoms with Crippen molar-refractivity contribution < 1.29 is 42.1 Å². The van der Waals surface area contributed by atoms with Crippen LogP contribution in [0.5, 0.6) is 0 Å². The molecule has 1 aliphatic heterocycles. The van der Waals surface area contributed by atoms with E-state index in [9.17, 15) is 23.7 Å². The topological polar surface area (TPSA) is 146 Å². The molecule has 200 valence electrons. The Morgan fingerprint density at radius 1 is 1.08 bits per heavy atom. The highest BCUT2D eigenvalue weighted by Gasteiger charge is 2.49. The molecular weight excluding hydrogens is 511 g/mol. The largest absolute Gasteiger partial charge is 0.475 e. The van der Waals surface area contributed by atoms with E-state index in [-0.39, 0.29) is 56.6 Å². The molecular formula is C23H33N2O9PS. The minimum absolute atomic E-state index is 0.00220. The van der Waals surface area contributed by atoms with Crippen LogP contribution in [0.15, 0.2) is 30.3 Å². The van der Waals surface area contributed by atoms with E-state index >= 15 is 0 Å². The fraction of sp³-hybridized carbons (Fsp3) is 0.565. The fourth-order valence-corrected chi connectivity index (χ4v) is 5.35. The van der Waals surface area contributed by atoms with Gasteiger partial charge in [0.2, 0.25) is 11.8 Å². The van der Waals surface area contributed by atoms with Gasteiger partial charge < -0.3 is 15.4 Å². The molecule has 1 aliphatic rings. The van der Waals surface area contributed by atoms with Gasteiger partial charge in [0.25, 0.3) is 0 Å². The van der Waals surface area contributed by atoms with Crippen LogP contribution in [0.2, 0.25) is 0 Å². The number of hydrogen-bond donors (Lipinski definition) is 2. The average Bonchev–Trinajstić information content (AvgIpc) is 2.86. The third kappa shape index (κ3) is 10.4. The standard InChI is InChI=1S/C23H33N2O9PS/c1-23(2)16-33-35(30,32-15-17-7-5-4-6-8-17)34-21(23)22(29)25-12-11-18(26)24-13-14-36-20(28)10-9-19(27)31-3/h4-8,21H,9-16H2,1-3H3,(H,24,26)(H,25,29)/t21-,35?/m0/s1. The number of hydrogen-bond acceptors (Lipinski definition) is 10. The molecule has 0 saturated carbocycles. The second kappa shape index (κ2) is 14.5. The third-order valence-corrected chi connectivity index (χ3v) is 7.40. The Hall–Kier alpha value is -2.24. The molecule has 2 N–H and O–H groups in total. The van der Waals surface area contributed by atoms with Crippen molar-refractivity contribution in [3.8, 4) is 0 Å². The Kier molecular flexibility index (Phi) is 12.1. The summed E-state index contributed by atoms with van der Waals surface area (Å²) in [5.41, 5.74) is 0.00860. The first-order valence-electron chi connectivity index (χ1n) is 11.4. The predicted molar refractivity (Wildman–Crippen MR) is 133 cm³/mol. The Morgan fingerprint density at radius 2 is 1.81 bits per heavy atom. The van der Waals surface area contributed by atoms with Crippen molar-refractivity contribution in [2.75, 3.05) is 32.6 Å². The van der Waals surface area contributed by atoms with E-state index in [1.165, 1.54) is 7.11 Å². The van der Waals surface area contributed by atoms with Gasteiger partial charge in [-0.25, -0.2) is 4.57 Å². The maximum absolute atomic E-state index is 12.9. The second-order valence-corrected chi connectivity index (χ2v) is 11.4. The lowest BCUT2D eigenvalue weighted by molar-refractivity contribution is -0.142. The summed E-state index contributed by atoms with van der Waals surface area (Å²) in [5, 5.41) is 5.13. The number of carbonyl (C=O) groups is 4. The van der Waals surface area contributed by atoms with Crippen molar-refractivity contribution in [2.45, 2.75) is 45.8 Å². The molecule has 0 radical (unpaired) electrons. The van der Waals surface area contributed by atoms with Crippen molar-refractivity contribution in [3.63, 3.8) is 0 Å². The van der Waals surface area contributed by atoms with Gasteiger partial charge >= 0.3 is 13.8 Å². The van der Waals surface area contributed by atoms with Crippen LogP contribution < -0.4 is 10.6 Å². The molecule has 0 bridgehead atoms. The van der Waals surface area contributed by atoms with Crippen LogP contribution in [-0.2, 0) is 48.7 Å². The van der Waals surface area contributed by atoms with Crippen molar-refractivity contribution in [3.05, 3.63) is 35.9 Å². The number of rotatable bonds is 13. The zero-order chi connectivity index (χ0) is 26.6. The van der Waals surface area contributed by atoms with Gasteiger partial charge in [-0.3, -0.25) is 32.7 Å². The molecule has 1 aromatic rings. The zero-order valence-corrected chi connectivity index (χ0v) is 22.4. The van der Waals surface area contributed by atoms with Crippen LogP contribution in [-0.4, -0.2) is 61.6 Å². The number of phosphoric ester groups is 1. The fourth-order valence-electron chi connectivity index (χ4n) is 3.04. The Bertz CT molecular complexity index is 958. The van der Waals surface area contributed by atoms with Crippen LogP contribution in [0.1, 0.15) is 38.7 Å². The molecule has 0 aromatic heterocycles. The van der Waals surface area contributed by atoms with Crippen molar-refractivity contribution in [1.82, 2.24) is 10.6 Å². The first-order chi connectivity index (χ1) is 17.0. The van der Waals surface area contributed by atoms with Gasteiger partial charge in [-0.15, -0.1) is 0 Å². The molecule has 2 rings (SSSR count). The highest BCUT2D eigenvalue weighted by molar-refractivity contribution is 8.13. The third-order valence-electron chi connectivity index (χ3n) is 5.11. The maximum Gasteiger partial charge on any atom is 0.475 e. The summed E-state index contributed by atoms with van der Waals surface area (Å²) in [7, 11) is -2.70. The summed E-state index contributed by atoms with van der Waals surface area (Å²) in [4.78, 5) is 47.5. The highest BCUT2D eigenvalue weighted by Crippen LogP contribution is 2.57. The summed E-state index contributed by atoms with van der Waals surface area (Å²) in [6, 6.07) is 9.09. The Labute approximate surface area is 215 Å². The number of esters is 1. The minimum atomic E-state index is -3.95. The molecule has 2 amide bonds. The first-order valence-corrected chi connectivity index (χ1v) is 13.9. The lowest BCUT2D eigenvalue weighted by Gasteiger charge is -2.39. The molecule has 2 atom stereocenters. The number of nitrogens with one attached hydrogen (secondary N) is 2. The van der Waals surface area contributed by atoms with Gasteiger partial charge in [0.05, 0.1) is 26.7 Å². The number of methoxy groups -OCH3 is 1. The monoisotopic (exact) mass is 544 g/mol. The number of carbonyl (C=O) groups excluding carboxylic acids is 4. The van der Waals surface area contributed by atoms with Gasteiger partial charge in [-0.05, 0) is 5.56 Å². The molecule has 1 saturated heterocycles. The number of thioether (sulfide) groups is 1. The van der Waals surface area contributed by atoms with E-state index in [1.54, 1.807) is 26.0 Å². The first kappa shape index (κ1) is 30.0. The average molecular weight is 545 g/mol. The van der Waals surface area contributed by atoms with E-state index in [4.69, 9.17) is 13.6 Å². The molecule has 1 aromatic carbocycles. The van der Waals surface area contributed by atoms with Gasteiger partial charge in [0.15, 0.2) is 11.2 Å². The van der Waals surface area contributed by atoms with Crippen molar-refractivity contribution in [1.29, 1.82) is 0 Å². The number of ether oxygens (including phenoxy) is 1. The number of phosphoric acid groups is 1. The summed E-state index contributed by atoms with van der Waals surface area (Å²) in [6.45, 7) is 3.79. The normalized spacial score (nSPS) is 20.8. The van der Waals surface area contributed by atoms with Gasteiger partial charge in [0, 0.05) is 37.1 Å². The molecule has 36 heavy (non-hydrogen) atoms. The van der Waals surface area contributed by atoms with E-state index in [1.807, 2.05) is 18.2 Å². The number of amides is 2. The Balaban J connectivity index is 1.70. The van der Waals surface area contributed by atoms with Crippen LogP contribution in [0.4, 0.5) is 0 Å². The lowest BCUT2D eigenvalue weighted by Crippen LogP contribution is -2.50. The van der Waals surface area contributed by atoms with E-state index in [2.05, 4.69) is 15.4 Å². The summed E-state index contributed by atoms with van der Waals surface area (Å²) in [6.07, 6.45) is -0.982. The summed E-state index contributed by atoms with van der Waals surface area (Å²) < 4.78 is 33.6. The minimum Gasteiger partial charge on any atom is -0.469 e.